The topological polar surface area (TPSA) is 46.9 Å². The van der Waals surface area contributed by atoms with Gasteiger partial charge < -0.3 is 5.32 Å². The number of hydrogen-bond donors (Lipinski definition) is 1. The molecule has 3 aromatic rings. The first-order chi connectivity index (χ1) is 12.2. The predicted molar refractivity (Wildman–Crippen MR) is 95.4 cm³/mol. The van der Waals surface area contributed by atoms with E-state index in [2.05, 4.69) is 10.4 Å². The highest BCUT2D eigenvalue weighted by molar-refractivity contribution is 5.95. The molecule has 25 heavy (non-hydrogen) atoms. The summed E-state index contributed by atoms with van der Waals surface area (Å²) in [7, 11) is 0. The Labute approximate surface area is 146 Å². The molecule has 0 atom stereocenters. The molecule has 1 amide bonds. The number of rotatable bonds is 6. The first kappa shape index (κ1) is 16.9. The number of benzene rings is 2. The fraction of sp³-hybridized carbons (Fsp3) is 0.200. The molecular formula is C20H20FN3O. The number of halogens is 1. The molecule has 0 spiro atoms. The van der Waals surface area contributed by atoms with Gasteiger partial charge in [-0.25, -0.2) is 9.07 Å². The highest BCUT2D eigenvalue weighted by Crippen LogP contribution is 2.16. The molecule has 4 nitrogen and oxygen atoms in total. The van der Waals surface area contributed by atoms with Gasteiger partial charge in [0.2, 0.25) is 0 Å². The Kier molecular flexibility index (Phi) is 5.23. The summed E-state index contributed by atoms with van der Waals surface area (Å²) >= 11 is 0. The highest BCUT2D eigenvalue weighted by Gasteiger charge is 2.16. The summed E-state index contributed by atoms with van der Waals surface area (Å²) in [6.07, 6.45) is 3.00. The van der Waals surface area contributed by atoms with Gasteiger partial charge in [-0.3, -0.25) is 4.79 Å². The third-order valence-corrected chi connectivity index (χ3v) is 4.06. The van der Waals surface area contributed by atoms with Crippen LogP contribution in [0.15, 0.2) is 60.8 Å². The minimum Gasteiger partial charge on any atom is -0.352 e. The van der Waals surface area contributed by atoms with E-state index in [4.69, 9.17) is 0 Å². The molecule has 0 aliphatic carbocycles. The molecular weight excluding hydrogens is 317 g/mol. The van der Waals surface area contributed by atoms with E-state index < -0.39 is 0 Å². The molecule has 1 heterocycles. The molecule has 0 saturated heterocycles. The Balaban J connectivity index is 1.71. The van der Waals surface area contributed by atoms with Crippen molar-refractivity contribution in [3.63, 3.8) is 0 Å². The molecule has 128 valence electrons. The number of carbonyl (C=O) groups excluding carboxylic acids is 1. The second-order valence-corrected chi connectivity index (χ2v) is 5.74. The number of aromatic nitrogens is 2. The van der Waals surface area contributed by atoms with Gasteiger partial charge >= 0.3 is 0 Å². The average Bonchev–Trinajstić information content (AvgIpc) is 3.07. The Bertz CT molecular complexity index is 841. The number of nitrogens with zero attached hydrogens (tertiary/aromatic N) is 2. The van der Waals surface area contributed by atoms with Crippen molar-refractivity contribution >= 4 is 5.91 Å². The van der Waals surface area contributed by atoms with Crippen LogP contribution in [0.4, 0.5) is 4.39 Å². The maximum atomic E-state index is 13.1. The number of nitrogens with one attached hydrogen (secondary N) is 1. The van der Waals surface area contributed by atoms with E-state index in [1.807, 2.05) is 37.3 Å². The SMILES string of the molecule is CCc1c(C(=O)NCCc2ccccc2)cnn1-c1ccc(F)cc1. The molecule has 0 unspecified atom stereocenters. The van der Waals surface area contributed by atoms with E-state index in [0.717, 1.165) is 17.8 Å². The number of amides is 1. The minimum atomic E-state index is -0.298. The summed E-state index contributed by atoms with van der Waals surface area (Å²) in [5.74, 6) is -0.436. The Morgan fingerprint density at radius 1 is 1.12 bits per heavy atom. The van der Waals surface area contributed by atoms with Crippen LogP contribution >= 0.6 is 0 Å². The van der Waals surface area contributed by atoms with Crippen LogP contribution in [-0.2, 0) is 12.8 Å². The highest BCUT2D eigenvalue weighted by atomic mass is 19.1. The van der Waals surface area contributed by atoms with E-state index >= 15 is 0 Å². The Morgan fingerprint density at radius 2 is 1.84 bits per heavy atom. The van der Waals surface area contributed by atoms with Gasteiger partial charge in [0.15, 0.2) is 0 Å². The quantitative estimate of drug-likeness (QED) is 0.748. The van der Waals surface area contributed by atoms with Crippen molar-refractivity contribution in [2.24, 2.45) is 0 Å². The van der Waals surface area contributed by atoms with Crippen LogP contribution in [-0.4, -0.2) is 22.2 Å². The average molecular weight is 337 g/mol. The summed E-state index contributed by atoms with van der Waals surface area (Å²) in [4.78, 5) is 12.5. The molecule has 0 bridgehead atoms. The zero-order chi connectivity index (χ0) is 17.6. The van der Waals surface area contributed by atoms with Crippen LogP contribution in [0.25, 0.3) is 5.69 Å². The van der Waals surface area contributed by atoms with Crippen LogP contribution in [0.2, 0.25) is 0 Å². The van der Waals surface area contributed by atoms with Crippen molar-refractivity contribution in [1.29, 1.82) is 0 Å². The zero-order valence-corrected chi connectivity index (χ0v) is 14.1. The smallest absolute Gasteiger partial charge is 0.254 e. The fourth-order valence-corrected chi connectivity index (χ4v) is 2.77. The van der Waals surface area contributed by atoms with Gasteiger partial charge in [-0.2, -0.15) is 5.10 Å². The van der Waals surface area contributed by atoms with Gasteiger partial charge in [0.1, 0.15) is 5.82 Å². The molecule has 0 aliphatic heterocycles. The van der Waals surface area contributed by atoms with Gasteiger partial charge in [0.25, 0.3) is 5.91 Å². The summed E-state index contributed by atoms with van der Waals surface area (Å²) in [6, 6.07) is 16.1. The molecule has 3 rings (SSSR count). The fourth-order valence-electron chi connectivity index (χ4n) is 2.77. The van der Waals surface area contributed by atoms with Crippen molar-refractivity contribution in [2.75, 3.05) is 6.54 Å². The second kappa shape index (κ2) is 7.75. The Hall–Kier alpha value is -2.95. The van der Waals surface area contributed by atoms with E-state index in [1.165, 1.54) is 17.7 Å². The summed E-state index contributed by atoms with van der Waals surface area (Å²) < 4.78 is 14.8. The van der Waals surface area contributed by atoms with Crippen molar-refractivity contribution in [1.82, 2.24) is 15.1 Å². The molecule has 1 N–H and O–H groups in total. The standard InChI is InChI=1S/C20H20FN3O/c1-2-19-18(14-23-24(19)17-10-8-16(21)9-11-17)20(25)22-13-12-15-6-4-3-5-7-15/h3-11,14H,2,12-13H2,1H3,(H,22,25). The Morgan fingerprint density at radius 3 is 2.52 bits per heavy atom. The van der Waals surface area contributed by atoms with Crippen molar-refractivity contribution < 1.29 is 9.18 Å². The first-order valence-corrected chi connectivity index (χ1v) is 8.34. The third-order valence-electron chi connectivity index (χ3n) is 4.06. The van der Waals surface area contributed by atoms with Crippen LogP contribution in [0.3, 0.4) is 0 Å². The van der Waals surface area contributed by atoms with Crippen LogP contribution in [0.5, 0.6) is 0 Å². The molecule has 0 aliphatic rings. The zero-order valence-electron chi connectivity index (χ0n) is 14.1. The van der Waals surface area contributed by atoms with E-state index in [-0.39, 0.29) is 11.7 Å². The maximum Gasteiger partial charge on any atom is 0.254 e. The minimum absolute atomic E-state index is 0.138. The molecule has 0 radical (unpaired) electrons. The predicted octanol–water partition coefficient (Wildman–Crippen LogP) is 3.55. The van der Waals surface area contributed by atoms with Gasteiger partial charge in [-0.05, 0) is 42.7 Å². The van der Waals surface area contributed by atoms with E-state index in [1.54, 1.807) is 23.0 Å². The van der Waals surface area contributed by atoms with Gasteiger partial charge in [-0.1, -0.05) is 37.3 Å². The first-order valence-electron chi connectivity index (χ1n) is 8.34. The number of carbonyl (C=O) groups is 1. The lowest BCUT2D eigenvalue weighted by atomic mass is 10.1. The molecule has 2 aromatic carbocycles. The molecule has 1 aromatic heterocycles. The maximum absolute atomic E-state index is 13.1. The van der Waals surface area contributed by atoms with Crippen molar-refractivity contribution in [2.45, 2.75) is 19.8 Å². The van der Waals surface area contributed by atoms with Crippen molar-refractivity contribution in [3.8, 4) is 5.69 Å². The summed E-state index contributed by atoms with van der Waals surface area (Å²) in [6.45, 7) is 2.53. The lowest BCUT2D eigenvalue weighted by molar-refractivity contribution is 0.0953. The largest absolute Gasteiger partial charge is 0.352 e. The molecule has 0 saturated carbocycles. The third kappa shape index (κ3) is 3.94. The van der Waals surface area contributed by atoms with Gasteiger partial charge in [-0.15, -0.1) is 0 Å². The summed E-state index contributed by atoms with van der Waals surface area (Å²) in [5, 5.41) is 7.25. The monoisotopic (exact) mass is 337 g/mol. The lowest BCUT2D eigenvalue weighted by Crippen LogP contribution is -2.26. The van der Waals surface area contributed by atoms with Gasteiger partial charge in [0.05, 0.1) is 23.1 Å². The van der Waals surface area contributed by atoms with Crippen molar-refractivity contribution in [3.05, 3.63) is 83.4 Å². The summed E-state index contributed by atoms with van der Waals surface area (Å²) in [5.41, 5.74) is 3.28. The second-order valence-electron chi connectivity index (χ2n) is 5.74. The van der Waals surface area contributed by atoms with Gasteiger partial charge in [0, 0.05) is 6.54 Å². The van der Waals surface area contributed by atoms with E-state index in [9.17, 15) is 9.18 Å². The lowest BCUT2D eigenvalue weighted by Gasteiger charge is -2.09. The molecule has 5 heteroatoms. The normalized spacial score (nSPS) is 10.6. The molecule has 0 fully saturated rings. The van der Waals surface area contributed by atoms with Crippen LogP contribution in [0.1, 0.15) is 28.5 Å². The van der Waals surface area contributed by atoms with E-state index in [0.29, 0.717) is 18.5 Å². The van der Waals surface area contributed by atoms with Crippen LogP contribution < -0.4 is 5.32 Å². The van der Waals surface area contributed by atoms with Crippen LogP contribution in [0, 0.1) is 5.82 Å². The number of hydrogen-bond acceptors (Lipinski definition) is 2.